The van der Waals surface area contributed by atoms with E-state index < -0.39 is 29.3 Å². The van der Waals surface area contributed by atoms with Crippen LogP contribution in [0.3, 0.4) is 0 Å². The molecule has 2 amide bonds. The summed E-state index contributed by atoms with van der Waals surface area (Å²) in [5.41, 5.74) is 0.403. The smallest absolute Gasteiger partial charge is 0.311 e. The van der Waals surface area contributed by atoms with Crippen molar-refractivity contribution in [3.63, 3.8) is 0 Å². The highest BCUT2D eigenvalue weighted by atomic mass is 19.1. The summed E-state index contributed by atoms with van der Waals surface area (Å²) in [5, 5.41) is 13.5. The van der Waals surface area contributed by atoms with Gasteiger partial charge in [-0.05, 0) is 30.7 Å². The van der Waals surface area contributed by atoms with Crippen molar-refractivity contribution in [2.24, 2.45) is 0 Å². The van der Waals surface area contributed by atoms with E-state index in [0.29, 0.717) is 5.56 Å². The molecule has 0 aliphatic rings. The number of carbonyl (C=O) groups is 2. The van der Waals surface area contributed by atoms with Crippen LogP contribution in [0.1, 0.15) is 12.5 Å². The molecule has 9 nitrogen and oxygen atoms in total. The summed E-state index contributed by atoms with van der Waals surface area (Å²) in [5.74, 6) is -1.09. The fourth-order valence-corrected chi connectivity index (χ4v) is 2.70. The third-order valence-electron chi connectivity index (χ3n) is 4.39. The van der Waals surface area contributed by atoms with Gasteiger partial charge in [0.1, 0.15) is 17.6 Å². The molecule has 1 N–H and O–H groups in total. The Bertz CT molecular complexity index is 919. The molecule has 30 heavy (non-hydrogen) atoms. The number of nitro groups is 1. The number of benzene rings is 2. The summed E-state index contributed by atoms with van der Waals surface area (Å²) in [6.07, 6.45) is 0. The summed E-state index contributed by atoms with van der Waals surface area (Å²) >= 11 is 0. The molecular formula is C20H22FN3O6. The fourth-order valence-electron chi connectivity index (χ4n) is 2.70. The lowest BCUT2D eigenvalue weighted by atomic mass is 10.1. The van der Waals surface area contributed by atoms with Crippen molar-refractivity contribution < 1.29 is 28.4 Å². The molecule has 0 saturated heterocycles. The number of likely N-dealkylation sites (N-methyl/N-ethyl adjacent to an activating group) is 1. The molecule has 1 atom stereocenters. The van der Waals surface area contributed by atoms with E-state index in [1.807, 2.05) is 0 Å². The van der Waals surface area contributed by atoms with Crippen LogP contribution in [0.25, 0.3) is 0 Å². The van der Waals surface area contributed by atoms with Crippen LogP contribution in [0.2, 0.25) is 0 Å². The van der Waals surface area contributed by atoms with E-state index in [-0.39, 0.29) is 29.6 Å². The van der Waals surface area contributed by atoms with E-state index in [4.69, 9.17) is 9.47 Å². The SMILES string of the molecule is CNC(=O)C(C)N(Cc1ccc(F)cc1)C(=O)COc1ccc([N+](=O)[O-])c(OC)c1. The van der Waals surface area contributed by atoms with Gasteiger partial charge >= 0.3 is 5.69 Å². The van der Waals surface area contributed by atoms with E-state index in [1.165, 1.54) is 61.5 Å². The number of halogens is 1. The topological polar surface area (TPSA) is 111 Å². The van der Waals surface area contributed by atoms with Crippen molar-refractivity contribution in [3.05, 3.63) is 64.0 Å². The molecular weight excluding hydrogens is 397 g/mol. The molecule has 2 aromatic rings. The monoisotopic (exact) mass is 419 g/mol. The zero-order valence-electron chi connectivity index (χ0n) is 16.8. The van der Waals surface area contributed by atoms with Gasteiger partial charge in [0.05, 0.1) is 12.0 Å². The maximum Gasteiger partial charge on any atom is 0.311 e. The van der Waals surface area contributed by atoms with Crippen molar-refractivity contribution in [2.45, 2.75) is 19.5 Å². The van der Waals surface area contributed by atoms with E-state index in [1.54, 1.807) is 6.92 Å². The molecule has 0 bridgehead atoms. The standard InChI is InChI=1S/C20H22FN3O6/c1-13(20(26)22-2)23(11-14-4-6-15(21)7-5-14)19(25)12-30-16-8-9-17(24(27)28)18(10-16)29-3/h4-10,13H,11-12H2,1-3H3,(H,22,26). The number of rotatable bonds is 9. The van der Waals surface area contributed by atoms with Gasteiger partial charge in [0.25, 0.3) is 5.91 Å². The molecule has 0 spiro atoms. The molecule has 2 aromatic carbocycles. The number of nitrogens with zero attached hydrogens (tertiary/aromatic N) is 2. The molecule has 1 unspecified atom stereocenters. The summed E-state index contributed by atoms with van der Waals surface area (Å²) in [4.78, 5) is 36.5. The summed E-state index contributed by atoms with van der Waals surface area (Å²) in [6, 6.07) is 8.63. The van der Waals surface area contributed by atoms with Crippen LogP contribution in [0.5, 0.6) is 11.5 Å². The second kappa shape index (κ2) is 10.2. The van der Waals surface area contributed by atoms with Crippen LogP contribution in [-0.2, 0) is 16.1 Å². The maximum atomic E-state index is 13.2. The van der Waals surface area contributed by atoms with Crippen LogP contribution in [-0.4, -0.2) is 48.4 Å². The second-order valence-corrected chi connectivity index (χ2v) is 6.32. The minimum absolute atomic E-state index is 0.00755. The zero-order chi connectivity index (χ0) is 22.3. The summed E-state index contributed by atoms with van der Waals surface area (Å²) in [7, 11) is 2.74. The largest absolute Gasteiger partial charge is 0.490 e. The van der Waals surface area contributed by atoms with E-state index in [2.05, 4.69) is 5.32 Å². The normalized spacial score (nSPS) is 11.3. The Morgan fingerprint density at radius 1 is 1.23 bits per heavy atom. The third-order valence-corrected chi connectivity index (χ3v) is 4.39. The Kier molecular flexibility index (Phi) is 7.68. The lowest BCUT2D eigenvalue weighted by molar-refractivity contribution is -0.385. The molecule has 0 heterocycles. The molecule has 2 rings (SSSR count). The first-order valence-electron chi connectivity index (χ1n) is 8.97. The highest BCUT2D eigenvalue weighted by Crippen LogP contribution is 2.30. The number of hydrogen-bond acceptors (Lipinski definition) is 6. The van der Waals surface area contributed by atoms with E-state index >= 15 is 0 Å². The number of nitrogens with one attached hydrogen (secondary N) is 1. The van der Waals surface area contributed by atoms with E-state index in [9.17, 15) is 24.1 Å². The van der Waals surface area contributed by atoms with Gasteiger partial charge in [-0.25, -0.2) is 4.39 Å². The number of carbonyl (C=O) groups excluding carboxylic acids is 2. The summed E-state index contributed by atoms with van der Waals surface area (Å²) in [6.45, 7) is 1.22. The van der Waals surface area contributed by atoms with Gasteiger partial charge in [-0.15, -0.1) is 0 Å². The number of hydrogen-bond donors (Lipinski definition) is 1. The van der Waals surface area contributed by atoms with Gasteiger partial charge in [0, 0.05) is 25.7 Å². The number of amides is 2. The van der Waals surface area contributed by atoms with Gasteiger partial charge in [-0.2, -0.15) is 0 Å². The summed E-state index contributed by atoms with van der Waals surface area (Å²) < 4.78 is 23.6. The molecule has 0 aliphatic heterocycles. The number of ether oxygens (including phenoxy) is 2. The first-order valence-corrected chi connectivity index (χ1v) is 8.97. The van der Waals surface area contributed by atoms with Crippen molar-refractivity contribution >= 4 is 17.5 Å². The lowest BCUT2D eigenvalue weighted by Crippen LogP contribution is -2.48. The molecule has 0 saturated carbocycles. The van der Waals surface area contributed by atoms with Gasteiger partial charge in [-0.3, -0.25) is 19.7 Å². The molecule has 0 aromatic heterocycles. The van der Waals surface area contributed by atoms with Crippen LogP contribution in [0.4, 0.5) is 10.1 Å². The van der Waals surface area contributed by atoms with Crippen molar-refractivity contribution in [3.8, 4) is 11.5 Å². The van der Waals surface area contributed by atoms with Crippen LogP contribution >= 0.6 is 0 Å². The molecule has 0 aliphatic carbocycles. The van der Waals surface area contributed by atoms with Gasteiger partial charge in [0.2, 0.25) is 11.7 Å². The first-order chi connectivity index (χ1) is 14.3. The first kappa shape index (κ1) is 22.6. The van der Waals surface area contributed by atoms with Crippen molar-refractivity contribution in [1.29, 1.82) is 0 Å². The molecule has 160 valence electrons. The van der Waals surface area contributed by atoms with E-state index in [0.717, 1.165) is 0 Å². The fraction of sp³-hybridized carbons (Fsp3) is 0.300. The molecule has 0 fully saturated rings. The highest BCUT2D eigenvalue weighted by molar-refractivity contribution is 5.87. The van der Waals surface area contributed by atoms with Crippen LogP contribution in [0.15, 0.2) is 42.5 Å². The quantitative estimate of drug-likeness (QED) is 0.493. The third kappa shape index (κ3) is 5.66. The van der Waals surface area contributed by atoms with Crippen LogP contribution in [0, 0.1) is 15.9 Å². The Hall–Kier alpha value is -3.69. The van der Waals surface area contributed by atoms with Gasteiger partial charge in [0.15, 0.2) is 6.61 Å². The Balaban J connectivity index is 2.16. The number of methoxy groups -OCH3 is 1. The predicted molar refractivity (Wildman–Crippen MR) is 106 cm³/mol. The maximum absolute atomic E-state index is 13.2. The predicted octanol–water partition coefficient (Wildman–Crippen LogP) is 2.28. The molecule has 10 heteroatoms. The van der Waals surface area contributed by atoms with Crippen molar-refractivity contribution in [1.82, 2.24) is 10.2 Å². The average molecular weight is 419 g/mol. The minimum atomic E-state index is -0.803. The Morgan fingerprint density at radius 2 is 1.90 bits per heavy atom. The second-order valence-electron chi connectivity index (χ2n) is 6.32. The lowest BCUT2D eigenvalue weighted by Gasteiger charge is -2.28. The zero-order valence-corrected chi connectivity index (χ0v) is 16.8. The highest BCUT2D eigenvalue weighted by Gasteiger charge is 2.26. The minimum Gasteiger partial charge on any atom is -0.490 e. The Labute approximate surface area is 172 Å². The van der Waals surface area contributed by atoms with Crippen LogP contribution < -0.4 is 14.8 Å². The van der Waals surface area contributed by atoms with Gasteiger partial charge < -0.3 is 19.7 Å². The van der Waals surface area contributed by atoms with Crippen molar-refractivity contribution in [2.75, 3.05) is 20.8 Å². The van der Waals surface area contributed by atoms with Gasteiger partial charge in [-0.1, -0.05) is 12.1 Å². The Morgan fingerprint density at radius 3 is 2.47 bits per heavy atom. The molecule has 0 radical (unpaired) electrons. The average Bonchev–Trinajstić information content (AvgIpc) is 2.75. The number of nitro benzene ring substituents is 1.